The molecule has 0 aliphatic heterocycles. The van der Waals surface area contributed by atoms with Crippen molar-refractivity contribution in [2.24, 2.45) is 5.73 Å². The minimum atomic E-state index is 0. The second kappa shape index (κ2) is 15.9. The van der Waals surface area contributed by atoms with E-state index >= 15 is 0 Å². The third-order valence-corrected chi connectivity index (χ3v) is 5.49. The van der Waals surface area contributed by atoms with Gasteiger partial charge in [0.05, 0.1) is 0 Å². The Balaban J connectivity index is 0.000000169. The summed E-state index contributed by atoms with van der Waals surface area (Å²) < 4.78 is 8.71. The van der Waals surface area contributed by atoms with Crippen LogP contribution in [0.3, 0.4) is 0 Å². The fraction of sp³-hybridized carbons (Fsp3) is 0.129. The number of aryl methyl sites for hydroxylation is 3. The van der Waals surface area contributed by atoms with Crippen LogP contribution in [-0.4, -0.2) is 41.2 Å². The molecule has 10 heteroatoms. The van der Waals surface area contributed by atoms with E-state index in [1.54, 1.807) is 46.4 Å². The molecule has 0 aliphatic carbocycles. The van der Waals surface area contributed by atoms with Crippen molar-refractivity contribution in [3.05, 3.63) is 133 Å². The molecule has 0 atom stereocenters. The molecular formula is C31H31N8OOs. The number of aromatic nitrogens is 7. The van der Waals surface area contributed by atoms with E-state index in [0.29, 0.717) is 0 Å². The predicted octanol–water partition coefficient (Wildman–Crippen LogP) is 5.30. The zero-order valence-corrected chi connectivity index (χ0v) is 25.6. The van der Waals surface area contributed by atoms with Crippen LogP contribution in [0.15, 0.2) is 110 Å². The minimum Gasteiger partial charge on any atom is -0.479 e. The van der Waals surface area contributed by atoms with Gasteiger partial charge in [0.15, 0.2) is 11.6 Å². The predicted molar refractivity (Wildman–Crippen MR) is 155 cm³/mol. The number of hydrogen-bond acceptors (Lipinski definition) is 7. The van der Waals surface area contributed by atoms with Gasteiger partial charge in [-0.3, -0.25) is 5.73 Å². The molecule has 0 fully saturated rings. The van der Waals surface area contributed by atoms with Crippen LogP contribution >= 0.6 is 0 Å². The van der Waals surface area contributed by atoms with E-state index < -0.39 is 0 Å². The number of pyridine rings is 3. The molecule has 6 aromatic rings. The number of benzene rings is 1. The second-order valence-corrected chi connectivity index (χ2v) is 8.75. The molecule has 9 nitrogen and oxygen atoms in total. The van der Waals surface area contributed by atoms with Crippen LogP contribution in [0.5, 0.6) is 5.75 Å². The van der Waals surface area contributed by atoms with Gasteiger partial charge in [0.25, 0.3) is 0 Å². The first kappa shape index (κ1) is 31.0. The summed E-state index contributed by atoms with van der Waals surface area (Å²) in [6.45, 7) is 6.28. The molecule has 6 rings (SSSR count). The molecule has 0 unspecified atom stereocenters. The van der Waals surface area contributed by atoms with Crippen LogP contribution in [0.1, 0.15) is 16.7 Å². The molecule has 41 heavy (non-hydrogen) atoms. The van der Waals surface area contributed by atoms with Gasteiger partial charge >= 0.3 is 19.8 Å². The van der Waals surface area contributed by atoms with Crippen molar-refractivity contribution in [3.8, 4) is 28.6 Å². The van der Waals surface area contributed by atoms with E-state index in [9.17, 15) is 0 Å². The maximum Gasteiger partial charge on any atom is 1.00 e. The topological polar surface area (TPSA) is 110 Å². The van der Waals surface area contributed by atoms with Gasteiger partial charge in [0, 0.05) is 43.4 Å². The van der Waals surface area contributed by atoms with E-state index in [1.807, 2.05) is 93.8 Å². The Labute approximate surface area is 253 Å². The third-order valence-electron chi connectivity index (χ3n) is 5.49. The van der Waals surface area contributed by atoms with Crippen LogP contribution < -0.4 is 10.5 Å². The Morgan fingerprint density at radius 1 is 0.707 bits per heavy atom. The molecule has 0 spiro atoms. The number of nitrogens with zero attached hydrogens (tertiary/aromatic N) is 7. The zero-order valence-electron chi connectivity index (χ0n) is 23.1. The molecule has 0 saturated heterocycles. The fourth-order valence-corrected chi connectivity index (χ4v) is 3.57. The summed E-state index contributed by atoms with van der Waals surface area (Å²) >= 11 is 0. The van der Waals surface area contributed by atoms with E-state index in [0.717, 1.165) is 28.6 Å². The monoisotopic (exact) mass is 723 g/mol. The summed E-state index contributed by atoms with van der Waals surface area (Å²) in [6.07, 6.45) is 12.5. The molecule has 0 saturated carbocycles. The maximum absolute atomic E-state index is 5.32. The molecule has 209 valence electrons. The van der Waals surface area contributed by atoms with Crippen molar-refractivity contribution in [2.75, 3.05) is 6.73 Å². The number of ether oxygens (including phenoxy) is 1. The Morgan fingerprint density at radius 2 is 1.27 bits per heavy atom. The van der Waals surface area contributed by atoms with Gasteiger partial charge < -0.3 is 9.72 Å². The van der Waals surface area contributed by atoms with E-state index in [-0.39, 0.29) is 26.5 Å². The van der Waals surface area contributed by atoms with E-state index in [1.165, 1.54) is 16.7 Å². The van der Waals surface area contributed by atoms with Crippen molar-refractivity contribution < 1.29 is 24.5 Å². The molecule has 1 aromatic carbocycles. The van der Waals surface area contributed by atoms with Crippen LogP contribution in [0.2, 0.25) is 0 Å². The minimum absolute atomic E-state index is 0. The van der Waals surface area contributed by atoms with Gasteiger partial charge in [0.1, 0.15) is 12.5 Å². The quantitative estimate of drug-likeness (QED) is 0.190. The van der Waals surface area contributed by atoms with Gasteiger partial charge in [-0.15, -0.1) is 35.4 Å². The first-order valence-electron chi connectivity index (χ1n) is 12.6. The van der Waals surface area contributed by atoms with Crippen molar-refractivity contribution in [3.63, 3.8) is 0 Å². The molecule has 1 radical (unpaired) electrons. The van der Waals surface area contributed by atoms with Crippen molar-refractivity contribution in [1.29, 1.82) is 0 Å². The SMILES string of the molecule is Cc1cc[c-]c(-c2cc(OCN)ccn2)c1.Cc1ccnc(-n2cccn2)c1.Cc1ccnc(-n2cccn2)c1.[Os+]. The van der Waals surface area contributed by atoms with Crippen molar-refractivity contribution in [1.82, 2.24) is 34.5 Å². The maximum atomic E-state index is 5.32. The third kappa shape index (κ3) is 9.57. The normalized spacial score (nSPS) is 9.85. The Morgan fingerprint density at radius 3 is 1.76 bits per heavy atom. The molecule has 0 bridgehead atoms. The smallest absolute Gasteiger partial charge is 0.479 e. The second-order valence-electron chi connectivity index (χ2n) is 8.75. The van der Waals surface area contributed by atoms with Gasteiger partial charge in [-0.05, 0) is 79.2 Å². The number of rotatable bonds is 5. The zero-order chi connectivity index (χ0) is 28.2. The average molecular weight is 722 g/mol. The Kier molecular flexibility index (Phi) is 12.0. The van der Waals surface area contributed by atoms with Crippen LogP contribution in [-0.2, 0) is 19.8 Å². The largest absolute Gasteiger partial charge is 1.00 e. The Bertz CT molecular complexity index is 1530. The standard InChI is InChI=1S/C13H13N2O.2C9H9N3.Os/c1-10-3-2-4-11(7-10)13-8-12(16-9-14)5-6-15-13;2*1-8-3-5-10-9(7-8)12-6-2-4-11-12;/h2-3,5-8H,9,14H2,1H3;2*2-7H,1H3;/q-1;;;+1. The van der Waals surface area contributed by atoms with Crippen molar-refractivity contribution >= 4 is 0 Å². The first-order valence-corrected chi connectivity index (χ1v) is 12.6. The average Bonchev–Trinajstić information content (AvgIpc) is 3.70. The summed E-state index contributed by atoms with van der Waals surface area (Å²) in [5.41, 5.74) is 10.7. The van der Waals surface area contributed by atoms with Crippen molar-refractivity contribution in [2.45, 2.75) is 20.8 Å². The van der Waals surface area contributed by atoms with Crippen LogP contribution in [0, 0.1) is 26.8 Å². The molecule has 5 aromatic heterocycles. The molecule has 5 heterocycles. The summed E-state index contributed by atoms with van der Waals surface area (Å²) in [5, 5.41) is 8.16. The molecular weight excluding hydrogens is 691 g/mol. The van der Waals surface area contributed by atoms with Gasteiger partial charge in [0.2, 0.25) is 0 Å². The van der Waals surface area contributed by atoms with E-state index in [4.69, 9.17) is 10.5 Å². The molecule has 2 N–H and O–H groups in total. The summed E-state index contributed by atoms with van der Waals surface area (Å²) in [5.74, 6) is 2.45. The Hall–Kier alpha value is -4.51. The van der Waals surface area contributed by atoms with Gasteiger partial charge in [-0.2, -0.15) is 10.2 Å². The fourth-order valence-electron chi connectivity index (χ4n) is 3.57. The summed E-state index contributed by atoms with van der Waals surface area (Å²) in [4.78, 5) is 12.6. The summed E-state index contributed by atoms with van der Waals surface area (Å²) in [6, 6.07) is 24.4. The van der Waals surface area contributed by atoms with Gasteiger partial charge in [-0.1, -0.05) is 6.92 Å². The summed E-state index contributed by atoms with van der Waals surface area (Å²) in [7, 11) is 0. The number of hydrogen-bond donors (Lipinski definition) is 1. The van der Waals surface area contributed by atoms with E-state index in [2.05, 4.69) is 31.2 Å². The van der Waals surface area contributed by atoms with Gasteiger partial charge in [-0.25, -0.2) is 19.3 Å². The number of nitrogens with two attached hydrogens (primary N) is 1. The molecule has 0 amide bonds. The molecule has 0 aliphatic rings. The van der Waals surface area contributed by atoms with Crippen LogP contribution in [0.4, 0.5) is 0 Å². The van der Waals surface area contributed by atoms with Crippen LogP contribution in [0.25, 0.3) is 22.9 Å². The first-order chi connectivity index (χ1) is 19.5.